The summed E-state index contributed by atoms with van der Waals surface area (Å²) in [5.41, 5.74) is 6.82. The number of carbonyl (C=O) groups is 1. The fourth-order valence-corrected chi connectivity index (χ4v) is 1.96. The monoisotopic (exact) mass is 300 g/mol. The summed E-state index contributed by atoms with van der Waals surface area (Å²) in [5.74, 6) is 0.103. The Hall–Kier alpha value is -2.73. The molecule has 0 unspecified atom stereocenters. The number of hydrogen-bond donors (Lipinski definition) is 1. The first kappa shape index (κ1) is 13.3. The number of carbonyl (C=O) groups excluding carboxylic acids is 1. The Labute approximate surface area is 124 Å². The third kappa shape index (κ3) is 2.75. The molecule has 0 radical (unpaired) electrons. The van der Waals surface area contributed by atoms with E-state index in [9.17, 15) is 4.79 Å². The van der Waals surface area contributed by atoms with E-state index in [0.29, 0.717) is 11.3 Å². The van der Waals surface area contributed by atoms with Crippen LogP contribution in [-0.2, 0) is 0 Å². The topological polar surface area (TPSA) is 91.0 Å². The van der Waals surface area contributed by atoms with Gasteiger partial charge in [-0.3, -0.25) is 14.8 Å². The van der Waals surface area contributed by atoms with Gasteiger partial charge in [-0.25, -0.2) is 4.98 Å². The molecule has 0 bridgehead atoms. The van der Waals surface area contributed by atoms with Crippen molar-refractivity contribution in [2.75, 3.05) is 0 Å². The molecular weight excluding hydrogens is 292 g/mol. The molecule has 1 amide bonds. The molecule has 0 saturated carbocycles. The van der Waals surface area contributed by atoms with Crippen molar-refractivity contribution in [2.45, 2.75) is 0 Å². The molecule has 0 aliphatic carbocycles. The third-order valence-corrected chi connectivity index (χ3v) is 3.02. The highest BCUT2D eigenvalue weighted by Crippen LogP contribution is 2.28. The van der Waals surface area contributed by atoms with Crippen LogP contribution >= 0.6 is 11.6 Å². The minimum atomic E-state index is -0.600. The molecule has 2 aromatic heterocycles. The van der Waals surface area contributed by atoms with Crippen molar-refractivity contribution in [2.24, 2.45) is 5.73 Å². The van der Waals surface area contributed by atoms with Gasteiger partial charge in [-0.05, 0) is 18.2 Å². The number of pyridine rings is 1. The molecule has 6 nitrogen and oxygen atoms in total. The number of aromatic nitrogens is 3. The first-order valence-corrected chi connectivity index (χ1v) is 6.35. The number of fused-ring (bicyclic) bond motifs is 1. The van der Waals surface area contributed by atoms with Crippen molar-refractivity contribution in [1.82, 2.24) is 15.0 Å². The van der Waals surface area contributed by atoms with E-state index in [-0.39, 0.29) is 16.5 Å². The zero-order valence-electron chi connectivity index (χ0n) is 10.7. The van der Waals surface area contributed by atoms with Crippen molar-refractivity contribution in [3.05, 3.63) is 53.4 Å². The summed E-state index contributed by atoms with van der Waals surface area (Å²) >= 11 is 6.02. The van der Waals surface area contributed by atoms with Crippen LogP contribution < -0.4 is 10.5 Å². The number of halogens is 1. The van der Waals surface area contributed by atoms with Crippen molar-refractivity contribution < 1.29 is 9.53 Å². The predicted octanol–water partition coefficient (Wildman–Crippen LogP) is 2.57. The van der Waals surface area contributed by atoms with E-state index < -0.39 is 5.91 Å². The summed E-state index contributed by atoms with van der Waals surface area (Å²) in [6, 6.07) is 6.65. The Morgan fingerprint density at radius 2 is 1.86 bits per heavy atom. The Morgan fingerprint density at radius 3 is 2.57 bits per heavy atom. The Kier molecular flexibility index (Phi) is 3.37. The normalized spacial score (nSPS) is 10.5. The number of nitrogens with two attached hydrogens (primary N) is 1. The van der Waals surface area contributed by atoms with E-state index in [4.69, 9.17) is 22.1 Å². The summed E-state index contributed by atoms with van der Waals surface area (Å²) in [7, 11) is 0. The molecule has 7 heteroatoms. The van der Waals surface area contributed by atoms with Gasteiger partial charge in [0.15, 0.2) is 0 Å². The van der Waals surface area contributed by atoms with Crippen molar-refractivity contribution >= 4 is 28.5 Å². The van der Waals surface area contributed by atoms with Crippen LogP contribution in [0.2, 0.25) is 5.02 Å². The smallest absolute Gasteiger partial charge is 0.250 e. The number of rotatable bonds is 3. The number of hydrogen-bond acceptors (Lipinski definition) is 5. The van der Waals surface area contributed by atoms with Gasteiger partial charge in [0, 0.05) is 24.7 Å². The minimum Gasteiger partial charge on any atom is -0.437 e. The van der Waals surface area contributed by atoms with Gasteiger partial charge in [0.1, 0.15) is 10.8 Å². The average molecular weight is 301 g/mol. The Bertz CT molecular complexity index is 838. The second-order valence-corrected chi connectivity index (χ2v) is 4.59. The van der Waals surface area contributed by atoms with Crippen molar-refractivity contribution in [3.63, 3.8) is 0 Å². The molecule has 0 saturated heterocycles. The van der Waals surface area contributed by atoms with Crippen LogP contribution in [0, 0.1) is 0 Å². The van der Waals surface area contributed by atoms with Crippen molar-refractivity contribution in [1.29, 1.82) is 0 Å². The van der Waals surface area contributed by atoms with Crippen LogP contribution in [0.15, 0.2) is 42.9 Å². The molecule has 0 atom stereocenters. The van der Waals surface area contributed by atoms with E-state index >= 15 is 0 Å². The molecular formula is C14H9ClN4O2. The molecule has 0 fully saturated rings. The van der Waals surface area contributed by atoms with E-state index in [0.717, 1.165) is 5.52 Å². The van der Waals surface area contributed by atoms with Gasteiger partial charge in [-0.2, -0.15) is 0 Å². The molecule has 2 heterocycles. The van der Waals surface area contributed by atoms with Gasteiger partial charge in [-0.15, -0.1) is 0 Å². The van der Waals surface area contributed by atoms with E-state index in [1.54, 1.807) is 30.6 Å². The van der Waals surface area contributed by atoms with Crippen LogP contribution in [0.1, 0.15) is 10.4 Å². The number of primary amides is 1. The van der Waals surface area contributed by atoms with E-state index in [2.05, 4.69) is 15.0 Å². The highest BCUT2D eigenvalue weighted by atomic mass is 35.5. The molecule has 0 aliphatic heterocycles. The summed E-state index contributed by atoms with van der Waals surface area (Å²) < 4.78 is 5.59. The number of ether oxygens (including phenoxy) is 1. The molecule has 0 spiro atoms. The molecule has 104 valence electrons. The highest BCUT2D eigenvalue weighted by molar-refractivity contribution is 6.32. The largest absolute Gasteiger partial charge is 0.437 e. The zero-order chi connectivity index (χ0) is 14.8. The van der Waals surface area contributed by atoms with Crippen LogP contribution in [0.25, 0.3) is 11.0 Å². The van der Waals surface area contributed by atoms with Gasteiger partial charge in [0.25, 0.3) is 0 Å². The minimum absolute atomic E-state index is 0.185. The van der Waals surface area contributed by atoms with Gasteiger partial charge >= 0.3 is 0 Å². The van der Waals surface area contributed by atoms with Crippen molar-refractivity contribution in [3.8, 4) is 11.6 Å². The second kappa shape index (κ2) is 5.34. The third-order valence-electron chi connectivity index (χ3n) is 2.75. The number of amides is 1. The van der Waals surface area contributed by atoms with Gasteiger partial charge < -0.3 is 10.5 Å². The zero-order valence-corrected chi connectivity index (χ0v) is 11.4. The first-order valence-electron chi connectivity index (χ1n) is 5.97. The quantitative estimate of drug-likeness (QED) is 0.802. The molecule has 21 heavy (non-hydrogen) atoms. The first-order chi connectivity index (χ1) is 10.1. The molecule has 3 aromatic rings. The summed E-state index contributed by atoms with van der Waals surface area (Å²) in [6.45, 7) is 0. The van der Waals surface area contributed by atoms with Gasteiger partial charge in [0.05, 0.1) is 16.6 Å². The molecule has 1 aromatic carbocycles. The van der Waals surface area contributed by atoms with Crippen LogP contribution in [0.4, 0.5) is 0 Å². The fraction of sp³-hybridized carbons (Fsp3) is 0. The summed E-state index contributed by atoms with van der Waals surface area (Å²) in [5, 5.41) is 0.200. The lowest BCUT2D eigenvalue weighted by Crippen LogP contribution is -2.11. The van der Waals surface area contributed by atoms with Crippen LogP contribution in [-0.4, -0.2) is 20.9 Å². The maximum Gasteiger partial charge on any atom is 0.250 e. The fourth-order valence-electron chi connectivity index (χ4n) is 1.75. The lowest BCUT2D eigenvalue weighted by atomic mass is 10.2. The Morgan fingerprint density at radius 1 is 1.10 bits per heavy atom. The summed E-state index contributed by atoms with van der Waals surface area (Å²) in [6.07, 6.45) is 4.52. The van der Waals surface area contributed by atoms with Gasteiger partial charge in [-0.1, -0.05) is 11.6 Å². The lowest BCUT2D eigenvalue weighted by molar-refractivity contribution is 0.1000. The standard InChI is InChI=1S/C14H9ClN4O2/c15-10-5-8(13(16)20)7-19-14(10)21-9-1-2-11-12(6-9)18-4-3-17-11/h1-7H,(H2,16,20). The number of benzene rings is 1. The maximum absolute atomic E-state index is 11.0. The Balaban J connectivity index is 1.93. The molecule has 2 N–H and O–H groups in total. The lowest BCUT2D eigenvalue weighted by Gasteiger charge is -2.07. The average Bonchev–Trinajstić information content (AvgIpc) is 2.49. The van der Waals surface area contributed by atoms with E-state index in [1.807, 2.05) is 0 Å². The summed E-state index contributed by atoms with van der Waals surface area (Å²) in [4.78, 5) is 23.4. The van der Waals surface area contributed by atoms with E-state index in [1.165, 1.54) is 12.3 Å². The molecule has 3 rings (SSSR count). The second-order valence-electron chi connectivity index (χ2n) is 4.18. The predicted molar refractivity (Wildman–Crippen MR) is 77.4 cm³/mol. The van der Waals surface area contributed by atoms with Crippen LogP contribution in [0.5, 0.6) is 11.6 Å². The van der Waals surface area contributed by atoms with Gasteiger partial charge in [0.2, 0.25) is 11.8 Å². The highest BCUT2D eigenvalue weighted by Gasteiger charge is 2.09. The van der Waals surface area contributed by atoms with Crippen LogP contribution in [0.3, 0.4) is 0 Å². The SMILES string of the molecule is NC(=O)c1cnc(Oc2ccc3nccnc3c2)c(Cl)c1. The molecule has 0 aliphatic rings. The number of nitrogens with zero attached hydrogens (tertiary/aromatic N) is 3. The maximum atomic E-state index is 11.0.